The predicted molar refractivity (Wildman–Crippen MR) is 103 cm³/mol. The van der Waals surface area contributed by atoms with E-state index in [-0.39, 0.29) is 12.2 Å². The lowest BCUT2D eigenvalue weighted by atomic mass is 10.0. The second kappa shape index (κ2) is 7.03. The van der Waals surface area contributed by atoms with Gasteiger partial charge in [-0.25, -0.2) is 0 Å². The normalized spacial score (nSPS) is 14.1. The van der Waals surface area contributed by atoms with Gasteiger partial charge in [0, 0.05) is 16.5 Å². The van der Waals surface area contributed by atoms with Crippen molar-refractivity contribution < 1.29 is 18.7 Å². The Morgan fingerprint density at radius 2 is 1.93 bits per heavy atom. The standard InChI is InChI=1S/C23H22O4/c1-14-6-9-20-19(13-26-21(20)10-14)12-22(24)27-15(2)23(25)18-8-7-16-4-3-5-17(16)11-18/h6-11,13,15H,3-5,12H2,1-2H3/t15-/m1/s1. The molecule has 1 aromatic heterocycles. The lowest BCUT2D eigenvalue weighted by Gasteiger charge is -2.13. The molecule has 138 valence electrons. The predicted octanol–water partition coefficient (Wildman–Crippen LogP) is 4.59. The van der Waals surface area contributed by atoms with Crippen LogP contribution in [0, 0.1) is 6.92 Å². The fourth-order valence-corrected chi connectivity index (χ4v) is 3.73. The van der Waals surface area contributed by atoms with Gasteiger partial charge in [-0.15, -0.1) is 0 Å². The van der Waals surface area contributed by atoms with Crippen molar-refractivity contribution in [3.8, 4) is 0 Å². The summed E-state index contributed by atoms with van der Waals surface area (Å²) in [5, 5.41) is 0.898. The van der Waals surface area contributed by atoms with Gasteiger partial charge in [-0.1, -0.05) is 24.3 Å². The first-order chi connectivity index (χ1) is 13.0. The number of rotatable bonds is 5. The van der Waals surface area contributed by atoms with E-state index < -0.39 is 12.1 Å². The van der Waals surface area contributed by atoms with E-state index in [4.69, 9.17) is 9.15 Å². The van der Waals surface area contributed by atoms with Crippen LogP contribution >= 0.6 is 0 Å². The number of ether oxygens (including phenoxy) is 1. The minimum Gasteiger partial charge on any atom is -0.464 e. The second-order valence-corrected chi connectivity index (χ2v) is 7.27. The van der Waals surface area contributed by atoms with Crippen molar-refractivity contribution in [3.63, 3.8) is 0 Å². The number of esters is 1. The first-order valence-electron chi connectivity index (χ1n) is 9.33. The fourth-order valence-electron chi connectivity index (χ4n) is 3.73. The molecule has 4 rings (SSSR count). The lowest BCUT2D eigenvalue weighted by Crippen LogP contribution is -2.25. The van der Waals surface area contributed by atoms with Gasteiger partial charge in [0.1, 0.15) is 5.58 Å². The van der Waals surface area contributed by atoms with Crippen molar-refractivity contribution in [1.29, 1.82) is 0 Å². The minimum atomic E-state index is -0.808. The molecule has 0 unspecified atom stereocenters. The van der Waals surface area contributed by atoms with Crippen LogP contribution in [0.25, 0.3) is 11.0 Å². The van der Waals surface area contributed by atoms with Crippen LogP contribution in [-0.2, 0) is 28.8 Å². The van der Waals surface area contributed by atoms with Crippen LogP contribution in [0.2, 0.25) is 0 Å². The number of benzene rings is 2. The number of fused-ring (bicyclic) bond motifs is 2. The average Bonchev–Trinajstić information content (AvgIpc) is 3.27. The number of hydrogen-bond acceptors (Lipinski definition) is 4. The molecule has 0 saturated heterocycles. The molecule has 0 radical (unpaired) electrons. The van der Waals surface area contributed by atoms with Gasteiger partial charge in [-0.2, -0.15) is 0 Å². The van der Waals surface area contributed by atoms with E-state index in [0.29, 0.717) is 5.56 Å². The van der Waals surface area contributed by atoms with Crippen LogP contribution in [0.1, 0.15) is 46.0 Å². The smallest absolute Gasteiger partial charge is 0.311 e. The molecule has 0 amide bonds. The van der Waals surface area contributed by atoms with Crippen LogP contribution in [0.4, 0.5) is 0 Å². The van der Waals surface area contributed by atoms with Gasteiger partial charge in [0.25, 0.3) is 0 Å². The van der Waals surface area contributed by atoms with Gasteiger partial charge in [0.05, 0.1) is 12.7 Å². The number of Topliss-reactive ketones (excluding diaryl/α,β-unsaturated/α-hetero) is 1. The zero-order valence-corrected chi connectivity index (χ0v) is 15.6. The zero-order valence-electron chi connectivity index (χ0n) is 15.6. The Hall–Kier alpha value is -2.88. The van der Waals surface area contributed by atoms with E-state index in [1.807, 2.05) is 43.3 Å². The molecular formula is C23H22O4. The summed E-state index contributed by atoms with van der Waals surface area (Å²) in [6.45, 7) is 3.62. The summed E-state index contributed by atoms with van der Waals surface area (Å²) in [4.78, 5) is 25.0. The van der Waals surface area contributed by atoms with Gasteiger partial charge >= 0.3 is 5.97 Å². The van der Waals surface area contributed by atoms with E-state index in [9.17, 15) is 9.59 Å². The summed E-state index contributed by atoms with van der Waals surface area (Å²) in [5.74, 6) is -0.592. The largest absolute Gasteiger partial charge is 0.464 e. The molecule has 1 atom stereocenters. The van der Waals surface area contributed by atoms with Crippen molar-refractivity contribution in [2.75, 3.05) is 0 Å². The topological polar surface area (TPSA) is 56.5 Å². The second-order valence-electron chi connectivity index (χ2n) is 7.27. The van der Waals surface area contributed by atoms with Crippen molar-refractivity contribution in [1.82, 2.24) is 0 Å². The summed E-state index contributed by atoms with van der Waals surface area (Å²) < 4.78 is 10.9. The van der Waals surface area contributed by atoms with E-state index in [0.717, 1.165) is 41.4 Å². The van der Waals surface area contributed by atoms with Gasteiger partial charge in [0.15, 0.2) is 6.10 Å². The third-order valence-corrected chi connectivity index (χ3v) is 5.21. The number of ketones is 1. The van der Waals surface area contributed by atoms with Crippen molar-refractivity contribution in [2.24, 2.45) is 0 Å². The van der Waals surface area contributed by atoms with E-state index in [1.54, 1.807) is 13.2 Å². The van der Waals surface area contributed by atoms with Crippen LogP contribution in [0.15, 0.2) is 47.1 Å². The maximum Gasteiger partial charge on any atom is 0.311 e. The number of carbonyl (C=O) groups is 2. The molecule has 1 aliphatic rings. The number of furan rings is 1. The Labute approximate surface area is 158 Å². The van der Waals surface area contributed by atoms with E-state index in [2.05, 4.69) is 0 Å². The van der Waals surface area contributed by atoms with Crippen LogP contribution < -0.4 is 0 Å². The van der Waals surface area contributed by atoms with Gasteiger partial charge in [-0.05, 0) is 61.9 Å². The van der Waals surface area contributed by atoms with E-state index in [1.165, 1.54) is 11.1 Å². The summed E-state index contributed by atoms with van der Waals surface area (Å²) in [7, 11) is 0. The number of aryl methyl sites for hydroxylation is 3. The van der Waals surface area contributed by atoms with Gasteiger partial charge in [-0.3, -0.25) is 9.59 Å². The monoisotopic (exact) mass is 362 g/mol. The Balaban J connectivity index is 1.43. The third-order valence-electron chi connectivity index (χ3n) is 5.21. The van der Waals surface area contributed by atoms with Crippen LogP contribution in [-0.4, -0.2) is 17.9 Å². The number of hydrogen-bond donors (Lipinski definition) is 0. The Morgan fingerprint density at radius 3 is 2.78 bits per heavy atom. The van der Waals surface area contributed by atoms with E-state index >= 15 is 0 Å². The third kappa shape index (κ3) is 3.52. The highest BCUT2D eigenvalue weighted by Gasteiger charge is 2.22. The molecule has 0 aliphatic heterocycles. The molecule has 4 nitrogen and oxygen atoms in total. The Morgan fingerprint density at radius 1 is 1.11 bits per heavy atom. The molecule has 0 bridgehead atoms. The molecule has 1 heterocycles. The molecule has 4 heteroatoms. The summed E-state index contributed by atoms with van der Waals surface area (Å²) >= 11 is 0. The minimum absolute atomic E-state index is 0.0812. The molecular weight excluding hydrogens is 340 g/mol. The lowest BCUT2D eigenvalue weighted by molar-refractivity contribution is -0.145. The van der Waals surface area contributed by atoms with Crippen LogP contribution in [0.5, 0.6) is 0 Å². The highest BCUT2D eigenvalue weighted by Crippen LogP contribution is 2.25. The quantitative estimate of drug-likeness (QED) is 0.492. The van der Waals surface area contributed by atoms with Crippen LogP contribution in [0.3, 0.4) is 0 Å². The molecule has 3 aromatic rings. The maximum absolute atomic E-state index is 12.6. The van der Waals surface area contributed by atoms with Crippen molar-refractivity contribution >= 4 is 22.7 Å². The molecule has 0 fully saturated rings. The fraction of sp³-hybridized carbons (Fsp3) is 0.304. The molecule has 0 N–H and O–H groups in total. The summed E-state index contributed by atoms with van der Waals surface area (Å²) in [5.41, 5.74) is 5.78. The SMILES string of the molecule is Cc1ccc2c(CC(=O)O[C@H](C)C(=O)c3ccc4c(c3)CCC4)coc2c1. The molecule has 1 aliphatic carbocycles. The highest BCUT2D eigenvalue weighted by molar-refractivity contribution is 6.00. The van der Waals surface area contributed by atoms with Gasteiger partial charge in [0.2, 0.25) is 5.78 Å². The highest BCUT2D eigenvalue weighted by atomic mass is 16.5. The first kappa shape index (κ1) is 17.5. The average molecular weight is 362 g/mol. The first-order valence-corrected chi connectivity index (χ1v) is 9.33. The number of carbonyl (C=O) groups excluding carboxylic acids is 2. The summed E-state index contributed by atoms with van der Waals surface area (Å²) in [6.07, 6.45) is 4.08. The molecule has 2 aromatic carbocycles. The Kier molecular flexibility index (Phi) is 4.56. The van der Waals surface area contributed by atoms with Crippen molar-refractivity contribution in [3.05, 3.63) is 70.5 Å². The zero-order chi connectivity index (χ0) is 19.0. The maximum atomic E-state index is 12.6. The van der Waals surface area contributed by atoms with Gasteiger partial charge < -0.3 is 9.15 Å². The molecule has 0 saturated carbocycles. The Bertz CT molecular complexity index is 1030. The molecule has 0 spiro atoms. The van der Waals surface area contributed by atoms with Crippen molar-refractivity contribution in [2.45, 2.75) is 45.6 Å². The molecule has 27 heavy (non-hydrogen) atoms. The summed E-state index contributed by atoms with van der Waals surface area (Å²) in [6, 6.07) is 11.7.